The lowest BCUT2D eigenvalue weighted by atomic mass is 10.1. The van der Waals surface area contributed by atoms with Gasteiger partial charge in [-0.15, -0.1) is 0 Å². The van der Waals surface area contributed by atoms with Crippen molar-refractivity contribution in [3.05, 3.63) is 77.6 Å². The molecule has 0 radical (unpaired) electrons. The molecule has 0 saturated heterocycles. The number of anilines is 1. The number of nitrogen functional groups attached to an aromatic ring is 1. The summed E-state index contributed by atoms with van der Waals surface area (Å²) in [5.74, 6) is 0.0789. The smallest absolute Gasteiger partial charge is 0.338 e. The van der Waals surface area contributed by atoms with E-state index >= 15 is 0 Å². The van der Waals surface area contributed by atoms with Crippen molar-refractivity contribution in [1.82, 2.24) is 9.97 Å². The molecule has 3 rings (SSSR count). The highest BCUT2D eigenvalue weighted by Crippen LogP contribution is 2.21. The Morgan fingerprint density at radius 2 is 1.70 bits per heavy atom. The molecule has 0 aliphatic rings. The first kappa shape index (κ1) is 18.6. The van der Waals surface area contributed by atoms with E-state index in [9.17, 15) is 4.79 Å². The predicted octanol–water partition coefficient (Wildman–Crippen LogP) is 4.27. The van der Waals surface area contributed by atoms with Gasteiger partial charge < -0.3 is 10.5 Å². The van der Waals surface area contributed by atoms with Crippen LogP contribution in [0.4, 0.5) is 5.82 Å². The van der Waals surface area contributed by atoms with Gasteiger partial charge in [-0.2, -0.15) is 0 Å². The first-order chi connectivity index (χ1) is 12.8. The number of carbonyl (C=O) groups excluding carboxylic acids is 1. The van der Waals surface area contributed by atoms with Crippen molar-refractivity contribution in [2.24, 2.45) is 0 Å². The Balaban J connectivity index is 1.82. The predicted molar refractivity (Wildman–Crippen MR) is 106 cm³/mol. The highest BCUT2D eigenvalue weighted by Gasteiger charge is 2.18. The quantitative estimate of drug-likeness (QED) is 0.702. The second-order valence-corrected chi connectivity index (χ2v) is 7.33. The number of hydrogen-bond acceptors (Lipinski definition) is 5. The molecule has 2 aromatic carbocycles. The molecule has 0 unspecified atom stereocenters. The van der Waals surface area contributed by atoms with Gasteiger partial charge in [0.2, 0.25) is 0 Å². The largest absolute Gasteiger partial charge is 0.456 e. The average molecular weight is 361 g/mol. The summed E-state index contributed by atoms with van der Waals surface area (Å²) in [5, 5.41) is 0. The summed E-state index contributed by atoms with van der Waals surface area (Å²) in [6, 6.07) is 17.2. The third kappa shape index (κ3) is 4.91. The number of rotatable bonds is 4. The van der Waals surface area contributed by atoms with Crippen LogP contribution in [-0.2, 0) is 11.2 Å². The minimum atomic E-state index is -0.523. The Hall–Kier alpha value is -3.21. The van der Waals surface area contributed by atoms with E-state index in [0.717, 1.165) is 16.8 Å². The molecule has 0 saturated carbocycles. The van der Waals surface area contributed by atoms with Crippen LogP contribution in [0.1, 0.15) is 42.4 Å². The van der Waals surface area contributed by atoms with E-state index in [1.165, 1.54) is 0 Å². The molecule has 0 aliphatic heterocycles. The average Bonchev–Trinajstić information content (AvgIpc) is 2.63. The normalized spacial score (nSPS) is 11.2. The molecule has 0 spiro atoms. The van der Waals surface area contributed by atoms with Crippen molar-refractivity contribution in [2.75, 3.05) is 5.73 Å². The van der Waals surface area contributed by atoms with Gasteiger partial charge >= 0.3 is 5.97 Å². The van der Waals surface area contributed by atoms with Crippen LogP contribution >= 0.6 is 0 Å². The maximum Gasteiger partial charge on any atom is 0.338 e. The van der Waals surface area contributed by atoms with Crippen LogP contribution < -0.4 is 5.73 Å². The van der Waals surface area contributed by atoms with Gasteiger partial charge in [0.25, 0.3) is 0 Å². The van der Waals surface area contributed by atoms with E-state index in [4.69, 9.17) is 10.5 Å². The van der Waals surface area contributed by atoms with Crippen LogP contribution in [0.15, 0.2) is 60.8 Å². The summed E-state index contributed by atoms with van der Waals surface area (Å²) in [6.07, 6.45) is 2.26. The fraction of sp³-hybridized carbons (Fsp3) is 0.227. The highest BCUT2D eigenvalue weighted by atomic mass is 16.6. The van der Waals surface area contributed by atoms with Crippen molar-refractivity contribution < 1.29 is 9.53 Å². The summed E-state index contributed by atoms with van der Waals surface area (Å²) >= 11 is 0. The number of aromatic nitrogens is 2. The number of nitrogens with zero attached hydrogens (tertiary/aromatic N) is 2. The van der Waals surface area contributed by atoms with Crippen molar-refractivity contribution in [3.8, 4) is 11.3 Å². The van der Waals surface area contributed by atoms with Gasteiger partial charge in [0.05, 0.1) is 23.1 Å². The Kier molecular flexibility index (Phi) is 5.21. The number of carbonyl (C=O) groups is 1. The van der Waals surface area contributed by atoms with Crippen LogP contribution in [0, 0.1) is 0 Å². The summed E-state index contributed by atoms with van der Waals surface area (Å²) in [6.45, 7) is 5.53. The summed E-state index contributed by atoms with van der Waals surface area (Å²) < 4.78 is 5.39. The van der Waals surface area contributed by atoms with E-state index in [1.54, 1.807) is 18.3 Å². The van der Waals surface area contributed by atoms with Crippen molar-refractivity contribution >= 4 is 11.8 Å². The van der Waals surface area contributed by atoms with Gasteiger partial charge in [-0.05, 0) is 38.5 Å². The van der Waals surface area contributed by atoms with E-state index in [1.807, 2.05) is 63.2 Å². The fourth-order valence-corrected chi connectivity index (χ4v) is 2.61. The van der Waals surface area contributed by atoms with Crippen LogP contribution in [0.25, 0.3) is 11.3 Å². The second-order valence-electron chi connectivity index (χ2n) is 7.33. The summed E-state index contributed by atoms with van der Waals surface area (Å²) in [7, 11) is 0. The Bertz CT molecular complexity index is 930. The minimum absolute atomic E-state index is 0.345. The topological polar surface area (TPSA) is 78.1 Å². The lowest BCUT2D eigenvalue weighted by molar-refractivity contribution is 0.00695. The Morgan fingerprint density at radius 1 is 1.04 bits per heavy atom. The number of ether oxygens (including phenoxy) is 1. The molecule has 2 N–H and O–H groups in total. The monoisotopic (exact) mass is 361 g/mol. The first-order valence-electron chi connectivity index (χ1n) is 8.81. The zero-order valence-corrected chi connectivity index (χ0v) is 15.8. The van der Waals surface area contributed by atoms with E-state index in [2.05, 4.69) is 9.97 Å². The highest BCUT2D eigenvalue weighted by molar-refractivity contribution is 5.90. The zero-order chi connectivity index (χ0) is 19.4. The molecule has 3 aromatic rings. The summed E-state index contributed by atoms with van der Waals surface area (Å²) in [5.41, 5.74) is 9.41. The van der Waals surface area contributed by atoms with Crippen LogP contribution in [0.2, 0.25) is 0 Å². The lowest BCUT2D eigenvalue weighted by Crippen LogP contribution is -2.23. The number of esters is 1. The molecule has 1 heterocycles. The van der Waals surface area contributed by atoms with Crippen molar-refractivity contribution in [1.29, 1.82) is 0 Å². The van der Waals surface area contributed by atoms with Gasteiger partial charge in [0, 0.05) is 12.0 Å². The zero-order valence-electron chi connectivity index (χ0n) is 15.8. The Labute approximate surface area is 159 Å². The van der Waals surface area contributed by atoms with E-state index in [-0.39, 0.29) is 5.97 Å². The molecular weight excluding hydrogens is 338 g/mol. The standard InChI is InChI=1S/C22H23N3O2/c1-22(2,3)27-21(26)17-11-9-16(10-12-17)19-14-24-20(23)18(25-19)13-15-7-5-4-6-8-15/h4-12,14H,13H2,1-3H3,(H2,23,24). The van der Waals surface area contributed by atoms with Gasteiger partial charge in [-0.25, -0.2) is 14.8 Å². The molecule has 27 heavy (non-hydrogen) atoms. The third-order valence-corrected chi connectivity index (χ3v) is 3.91. The van der Waals surface area contributed by atoms with Gasteiger partial charge in [0.15, 0.2) is 0 Å². The molecule has 0 aliphatic carbocycles. The molecule has 5 nitrogen and oxygen atoms in total. The maximum absolute atomic E-state index is 12.1. The van der Waals surface area contributed by atoms with Gasteiger partial charge in [-0.3, -0.25) is 0 Å². The molecule has 1 aromatic heterocycles. The second kappa shape index (κ2) is 7.58. The van der Waals surface area contributed by atoms with Gasteiger partial charge in [-0.1, -0.05) is 42.5 Å². The van der Waals surface area contributed by atoms with Crippen LogP contribution in [-0.4, -0.2) is 21.5 Å². The van der Waals surface area contributed by atoms with Crippen molar-refractivity contribution in [2.45, 2.75) is 32.8 Å². The molecule has 0 atom stereocenters. The molecule has 5 heteroatoms. The van der Waals surface area contributed by atoms with E-state index in [0.29, 0.717) is 23.5 Å². The third-order valence-electron chi connectivity index (χ3n) is 3.91. The molecule has 0 bridgehead atoms. The molecule has 0 fully saturated rings. The molecule has 138 valence electrons. The SMILES string of the molecule is CC(C)(C)OC(=O)c1ccc(-c2cnc(N)c(Cc3ccccc3)n2)cc1. The van der Waals surface area contributed by atoms with Crippen LogP contribution in [0.3, 0.4) is 0 Å². The van der Waals surface area contributed by atoms with Crippen LogP contribution in [0.5, 0.6) is 0 Å². The molecule has 0 amide bonds. The lowest BCUT2D eigenvalue weighted by Gasteiger charge is -2.19. The van der Waals surface area contributed by atoms with Gasteiger partial charge in [0.1, 0.15) is 11.4 Å². The minimum Gasteiger partial charge on any atom is -0.456 e. The number of hydrogen-bond donors (Lipinski definition) is 1. The Morgan fingerprint density at radius 3 is 2.33 bits per heavy atom. The first-order valence-corrected chi connectivity index (χ1v) is 8.81. The fourth-order valence-electron chi connectivity index (χ4n) is 2.61. The molecular formula is C22H23N3O2. The maximum atomic E-state index is 12.1. The van der Waals surface area contributed by atoms with E-state index < -0.39 is 5.60 Å². The van der Waals surface area contributed by atoms with Crippen molar-refractivity contribution in [3.63, 3.8) is 0 Å². The number of nitrogens with two attached hydrogens (primary N) is 1. The number of benzene rings is 2. The summed E-state index contributed by atoms with van der Waals surface area (Å²) in [4.78, 5) is 21.1.